The summed E-state index contributed by atoms with van der Waals surface area (Å²) in [6.45, 7) is 8.76. The molecule has 3 aromatic carbocycles. The van der Waals surface area contributed by atoms with Crippen LogP contribution in [0.4, 0.5) is 5.69 Å². The van der Waals surface area contributed by atoms with Gasteiger partial charge in [0.1, 0.15) is 5.75 Å². The summed E-state index contributed by atoms with van der Waals surface area (Å²) in [7, 11) is 0. The van der Waals surface area contributed by atoms with Gasteiger partial charge in [0, 0.05) is 6.54 Å². The molecule has 0 radical (unpaired) electrons. The third kappa shape index (κ3) is 6.69. The average Bonchev–Trinajstić information content (AvgIpc) is 2.81. The van der Waals surface area contributed by atoms with Crippen molar-refractivity contribution >= 4 is 17.5 Å². The van der Waals surface area contributed by atoms with Gasteiger partial charge in [0.05, 0.1) is 11.3 Å². The number of anilines is 1. The van der Waals surface area contributed by atoms with E-state index < -0.39 is 6.10 Å². The number of carbonyl (C=O) groups excluding carboxylic acids is 2. The second kappa shape index (κ2) is 10.8. The lowest BCUT2D eigenvalue weighted by molar-refractivity contribution is -0.122. The molecule has 172 valence electrons. The number of nitrogens with one attached hydrogen (secondary N) is 2. The van der Waals surface area contributed by atoms with Gasteiger partial charge in [0.25, 0.3) is 11.8 Å². The fourth-order valence-corrected chi connectivity index (χ4v) is 3.40. The van der Waals surface area contributed by atoms with Crippen LogP contribution in [0.25, 0.3) is 0 Å². The molecule has 0 aromatic heterocycles. The van der Waals surface area contributed by atoms with Crippen molar-refractivity contribution in [3.05, 3.63) is 95.6 Å². The van der Waals surface area contributed by atoms with Crippen LogP contribution in [0.2, 0.25) is 0 Å². The number of carbonyl (C=O) groups is 2. The van der Waals surface area contributed by atoms with Gasteiger partial charge in [-0.1, -0.05) is 82.3 Å². The molecule has 0 aliphatic rings. The standard InChI is InChI=1S/C28H32N2O3/c1-5-25(33-22-17-15-21(16-18-22)28(2,3)4)27(32)30-24-14-10-9-13-23(24)26(31)29-19-20-11-7-6-8-12-20/h6-18,25H,5,19H2,1-4H3,(H,29,31)(H,30,32)/t25-/m0/s1. The molecule has 0 aliphatic carbocycles. The molecule has 0 heterocycles. The van der Waals surface area contributed by atoms with Crippen molar-refractivity contribution in [1.29, 1.82) is 0 Å². The zero-order chi connectivity index (χ0) is 23.8. The van der Waals surface area contributed by atoms with Gasteiger partial charge in [-0.05, 0) is 47.2 Å². The number of hydrogen-bond acceptors (Lipinski definition) is 3. The fourth-order valence-electron chi connectivity index (χ4n) is 3.40. The van der Waals surface area contributed by atoms with Gasteiger partial charge in [-0.15, -0.1) is 0 Å². The summed E-state index contributed by atoms with van der Waals surface area (Å²) in [6.07, 6.45) is -0.180. The van der Waals surface area contributed by atoms with Gasteiger partial charge in [0.15, 0.2) is 6.10 Å². The molecule has 3 aromatic rings. The topological polar surface area (TPSA) is 67.4 Å². The van der Waals surface area contributed by atoms with E-state index in [0.717, 1.165) is 5.56 Å². The minimum atomic E-state index is -0.675. The number of para-hydroxylation sites is 1. The summed E-state index contributed by atoms with van der Waals surface area (Å²) in [5, 5.41) is 5.78. The first kappa shape index (κ1) is 24.1. The van der Waals surface area contributed by atoms with Crippen molar-refractivity contribution < 1.29 is 14.3 Å². The normalized spacial score (nSPS) is 12.0. The highest BCUT2D eigenvalue weighted by Gasteiger charge is 2.21. The Balaban J connectivity index is 1.66. The van der Waals surface area contributed by atoms with E-state index in [9.17, 15) is 9.59 Å². The van der Waals surface area contributed by atoms with Crippen LogP contribution in [0.15, 0.2) is 78.9 Å². The Hall–Kier alpha value is -3.60. The second-order valence-electron chi connectivity index (χ2n) is 8.99. The van der Waals surface area contributed by atoms with Gasteiger partial charge in [-0.25, -0.2) is 0 Å². The number of hydrogen-bond donors (Lipinski definition) is 2. The van der Waals surface area contributed by atoms with E-state index in [1.54, 1.807) is 24.3 Å². The quantitative estimate of drug-likeness (QED) is 0.468. The van der Waals surface area contributed by atoms with Gasteiger partial charge >= 0.3 is 0 Å². The van der Waals surface area contributed by atoms with Crippen molar-refractivity contribution in [3.8, 4) is 5.75 Å². The Morgan fingerprint density at radius 3 is 2.15 bits per heavy atom. The van der Waals surface area contributed by atoms with E-state index in [1.165, 1.54) is 5.56 Å². The lowest BCUT2D eigenvalue weighted by Crippen LogP contribution is -2.33. The smallest absolute Gasteiger partial charge is 0.265 e. The van der Waals surface area contributed by atoms with Crippen LogP contribution in [0.5, 0.6) is 5.75 Å². The number of ether oxygens (including phenoxy) is 1. The van der Waals surface area contributed by atoms with Gasteiger partial charge in [0.2, 0.25) is 0 Å². The highest BCUT2D eigenvalue weighted by atomic mass is 16.5. The molecule has 5 nitrogen and oxygen atoms in total. The van der Waals surface area contributed by atoms with Gasteiger partial charge < -0.3 is 15.4 Å². The summed E-state index contributed by atoms with van der Waals surface area (Å²) < 4.78 is 5.96. The van der Waals surface area contributed by atoms with Crippen LogP contribution in [0.3, 0.4) is 0 Å². The van der Waals surface area contributed by atoms with Crippen molar-refractivity contribution in [1.82, 2.24) is 5.32 Å². The maximum atomic E-state index is 13.0. The Labute approximate surface area is 196 Å². The van der Waals surface area contributed by atoms with Crippen molar-refractivity contribution in [2.45, 2.75) is 52.2 Å². The summed E-state index contributed by atoms with van der Waals surface area (Å²) >= 11 is 0. The molecule has 2 N–H and O–H groups in total. The molecule has 0 saturated carbocycles. The minimum absolute atomic E-state index is 0.0465. The Morgan fingerprint density at radius 2 is 1.52 bits per heavy atom. The summed E-state index contributed by atoms with van der Waals surface area (Å²) in [4.78, 5) is 25.7. The molecule has 0 bridgehead atoms. The maximum Gasteiger partial charge on any atom is 0.265 e. The van der Waals surface area contributed by atoms with E-state index >= 15 is 0 Å². The highest BCUT2D eigenvalue weighted by molar-refractivity contribution is 6.04. The van der Waals surface area contributed by atoms with Crippen LogP contribution in [-0.2, 0) is 16.8 Å². The first-order valence-corrected chi connectivity index (χ1v) is 11.3. The zero-order valence-corrected chi connectivity index (χ0v) is 19.7. The highest BCUT2D eigenvalue weighted by Crippen LogP contribution is 2.25. The second-order valence-corrected chi connectivity index (χ2v) is 8.99. The monoisotopic (exact) mass is 444 g/mol. The minimum Gasteiger partial charge on any atom is -0.481 e. The number of rotatable bonds is 8. The molecule has 33 heavy (non-hydrogen) atoms. The Bertz CT molecular complexity index is 1070. The molecular formula is C28H32N2O3. The maximum absolute atomic E-state index is 13.0. The molecule has 0 aliphatic heterocycles. The fraction of sp³-hybridized carbons (Fsp3) is 0.286. The first-order valence-electron chi connectivity index (χ1n) is 11.3. The summed E-state index contributed by atoms with van der Waals surface area (Å²) in [5.74, 6) is 0.0982. The Morgan fingerprint density at radius 1 is 0.879 bits per heavy atom. The molecule has 0 spiro atoms. The van der Waals surface area contributed by atoms with Crippen LogP contribution in [0.1, 0.15) is 55.6 Å². The molecule has 1 atom stereocenters. The first-order chi connectivity index (χ1) is 15.8. The third-order valence-corrected chi connectivity index (χ3v) is 5.39. The van der Waals surface area contributed by atoms with Crippen LogP contribution in [-0.4, -0.2) is 17.9 Å². The Kier molecular flexibility index (Phi) is 7.88. The van der Waals surface area contributed by atoms with E-state index in [4.69, 9.17) is 4.74 Å². The van der Waals surface area contributed by atoms with E-state index in [2.05, 4.69) is 31.4 Å². The number of amides is 2. The van der Waals surface area contributed by atoms with E-state index in [1.807, 2.05) is 61.5 Å². The van der Waals surface area contributed by atoms with Crippen molar-refractivity contribution in [3.63, 3.8) is 0 Å². The summed E-state index contributed by atoms with van der Waals surface area (Å²) in [6, 6.07) is 24.5. The largest absolute Gasteiger partial charge is 0.481 e. The lowest BCUT2D eigenvalue weighted by Gasteiger charge is -2.21. The predicted octanol–water partition coefficient (Wildman–Crippen LogP) is 5.71. The van der Waals surface area contributed by atoms with E-state index in [-0.39, 0.29) is 17.2 Å². The van der Waals surface area contributed by atoms with Crippen LogP contribution >= 0.6 is 0 Å². The summed E-state index contributed by atoms with van der Waals surface area (Å²) in [5.41, 5.74) is 3.11. The molecular weight excluding hydrogens is 412 g/mol. The third-order valence-electron chi connectivity index (χ3n) is 5.39. The molecule has 0 saturated heterocycles. The molecule has 0 unspecified atom stereocenters. The average molecular weight is 445 g/mol. The predicted molar refractivity (Wildman–Crippen MR) is 133 cm³/mol. The van der Waals surface area contributed by atoms with Crippen molar-refractivity contribution in [2.24, 2.45) is 0 Å². The van der Waals surface area contributed by atoms with Crippen molar-refractivity contribution in [2.75, 3.05) is 5.32 Å². The molecule has 3 rings (SSSR count). The zero-order valence-electron chi connectivity index (χ0n) is 19.7. The van der Waals surface area contributed by atoms with Gasteiger partial charge in [-0.2, -0.15) is 0 Å². The van der Waals surface area contributed by atoms with Crippen LogP contribution < -0.4 is 15.4 Å². The lowest BCUT2D eigenvalue weighted by atomic mass is 9.87. The van der Waals surface area contributed by atoms with Gasteiger partial charge in [-0.3, -0.25) is 9.59 Å². The number of benzene rings is 3. The van der Waals surface area contributed by atoms with E-state index in [0.29, 0.717) is 30.0 Å². The van der Waals surface area contributed by atoms with Crippen LogP contribution in [0, 0.1) is 0 Å². The molecule has 2 amide bonds. The SMILES string of the molecule is CC[C@H](Oc1ccc(C(C)(C)C)cc1)C(=O)Nc1ccccc1C(=O)NCc1ccccc1. The molecule has 0 fully saturated rings. The molecule has 5 heteroatoms.